The molecule has 0 unspecified atom stereocenters. The van der Waals surface area contributed by atoms with Crippen molar-refractivity contribution in [2.45, 2.75) is 0 Å². The predicted octanol–water partition coefficient (Wildman–Crippen LogP) is 2.21. The van der Waals surface area contributed by atoms with E-state index in [0.717, 1.165) is 5.39 Å². The van der Waals surface area contributed by atoms with Gasteiger partial charge in [0.15, 0.2) is 5.43 Å². The maximum Gasteiger partial charge on any atom is 0.186 e. The summed E-state index contributed by atoms with van der Waals surface area (Å²) in [5.41, 5.74) is 0.0175. The van der Waals surface area contributed by atoms with E-state index in [4.69, 9.17) is 4.74 Å². The SMILES string of the molecule is COc1ccc2ccccc(=O)c2c1. The van der Waals surface area contributed by atoms with Crippen molar-refractivity contribution in [3.63, 3.8) is 0 Å². The first-order chi connectivity index (χ1) is 6.81. The Balaban J connectivity index is 2.88. The van der Waals surface area contributed by atoms with Crippen molar-refractivity contribution in [1.82, 2.24) is 0 Å². The zero-order chi connectivity index (χ0) is 9.97. The molecule has 0 bridgehead atoms. The molecule has 0 atom stereocenters. The lowest BCUT2D eigenvalue weighted by Crippen LogP contribution is -1.94. The molecule has 0 aliphatic heterocycles. The van der Waals surface area contributed by atoms with Crippen LogP contribution in [0.3, 0.4) is 0 Å². The van der Waals surface area contributed by atoms with Crippen molar-refractivity contribution in [3.05, 3.63) is 52.7 Å². The fourth-order valence-electron chi connectivity index (χ4n) is 1.41. The summed E-state index contributed by atoms with van der Waals surface area (Å²) in [6.07, 6.45) is 0. The van der Waals surface area contributed by atoms with Gasteiger partial charge in [-0.25, -0.2) is 0 Å². The highest BCUT2D eigenvalue weighted by molar-refractivity contribution is 5.82. The van der Waals surface area contributed by atoms with Gasteiger partial charge in [0, 0.05) is 5.39 Å². The molecule has 0 radical (unpaired) electrons. The monoisotopic (exact) mass is 186 g/mol. The van der Waals surface area contributed by atoms with Crippen molar-refractivity contribution in [2.24, 2.45) is 0 Å². The second-order valence-electron chi connectivity index (χ2n) is 3.04. The van der Waals surface area contributed by atoms with Gasteiger partial charge >= 0.3 is 0 Å². The highest BCUT2D eigenvalue weighted by Crippen LogP contribution is 2.16. The third-order valence-electron chi connectivity index (χ3n) is 2.16. The average molecular weight is 186 g/mol. The van der Waals surface area contributed by atoms with Gasteiger partial charge in [0.25, 0.3) is 0 Å². The van der Waals surface area contributed by atoms with E-state index in [9.17, 15) is 4.79 Å². The minimum Gasteiger partial charge on any atom is -0.497 e. The Bertz CT molecular complexity index is 518. The van der Waals surface area contributed by atoms with Gasteiger partial charge in [-0.15, -0.1) is 0 Å². The maximum atomic E-state index is 11.6. The number of hydrogen-bond acceptors (Lipinski definition) is 2. The Morgan fingerprint density at radius 1 is 1.07 bits per heavy atom. The average Bonchev–Trinajstić information content (AvgIpc) is 2.40. The minimum absolute atomic E-state index is 0.0175. The lowest BCUT2D eigenvalue weighted by molar-refractivity contribution is 0.415. The van der Waals surface area contributed by atoms with Gasteiger partial charge in [0.1, 0.15) is 5.75 Å². The third-order valence-corrected chi connectivity index (χ3v) is 2.16. The Labute approximate surface area is 81.8 Å². The van der Waals surface area contributed by atoms with Crippen LogP contribution in [-0.2, 0) is 0 Å². The van der Waals surface area contributed by atoms with E-state index < -0.39 is 0 Å². The molecule has 2 aromatic rings. The molecule has 0 aromatic heterocycles. The first kappa shape index (κ1) is 8.75. The van der Waals surface area contributed by atoms with Gasteiger partial charge in [-0.1, -0.05) is 24.3 Å². The molecular weight excluding hydrogens is 176 g/mol. The number of hydrogen-bond donors (Lipinski definition) is 0. The number of fused-ring (bicyclic) bond motifs is 1. The van der Waals surface area contributed by atoms with Crippen LogP contribution in [0.5, 0.6) is 5.75 Å². The van der Waals surface area contributed by atoms with Crippen LogP contribution in [0.1, 0.15) is 0 Å². The van der Waals surface area contributed by atoms with Crippen LogP contribution in [0.15, 0.2) is 47.3 Å². The Morgan fingerprint density at radius 3 is 2.64 bits per heavy atom. The molecule has 2 rings (SSSR count). The van der Waals surface area contributed by atoms with Gasteiger partial charge in [0.2, 0.25) is 0 Å². The molecule has 2 heteroatoms. The van der Waals surface area contributed by atoms with E-state index in [-0.39, 0.29) is 5.43 Å². The van der Waals surface area contributed by atoms with Gasteiger partial charge in [0.05, 0.1) is 7.11 Å². The Hall–Kier alpha value is -1.83. The highest BCUT2D eigenvalue weighted by Gasteiger charge is 1.97. The maximum absolute atomic E-state index is 11.6. The predicted molar refractivity (Wildman–Crippen MR) is 56.8 cm³/mol. The van der Waals surface area contributed by atoms with Crippen molar-refractivity contribution in [2.75, 3.05) is 7.11 Å². The van der Waals surface area contributed by atoms with Crippen LogP contribution >= 0.6 is 0 Å². The van der Waals surface area contributed by atoms with Gasteiger partial charge < -0.3 is 4.74 Å². The highest BCUT2D eigenvalue weighted by atomic mass is 16.5. The molecule has 0 aliphatic carbocycles. The Kier molecular flexibility index (Phi) is 2.19. The molecule has 70 valence electrons. The smallest absolute Gasteiger partial charge is 0.186 e. The topological polar surface area (TPSA) is 26.3 Å². The summed E-state index contributed by atoms with van der Waals surface area (Å²) in [6, 6.07) is 12.6. The summed E-state index contributed by atoms with van der Waals surface area (Å²) < 4.78 is 5.07. The second kappa shape index (κ2) is 3.50. The number of rotatable bonds is 1. The summed E-state index contributed by atoms with van der Waals surface area (Å²) >= 11 is 0. The van der Waals surface area contributed by atoms with Crippen LogP contribution in [0, 0.1) is 0 Å². The van der Waals surface area contributed by atoms with Crippen LogP contribution in [0.4, 0.5) is 0 Å². The molecular formula is C12H10O2. The number of ether oxygens (including phenoxy) is 1. The molecule has 2 nitrogen and oxygen atoms in total. The fourth-order valence-corrected chi connectivity index (χ4v) is 1.41. The van der Waals surface area contributed by atoms with Gasteiger partial charge in [-0.05, 0) is 23.6 Å². The summed E-state index contributed by atoms with van der Waals surface area (Å²) in [4.78, 5) is 11.6. The molecule has 0 saturated heterocycles. The zero-order valence-electron chi connectivity index (χ0n) is 7.86. The van der Waals surface area contributed by atoms with Crippen LogP contribution in [0.25, 0.3) is 10.8 Å². The second-order valence-corrected chi connectivity index (χ2v) is 3.04. The molecule has 0 aliphatic rings. The minimum atomic E-state index is 0.0175. The van der Waals surface area contributed by atoms with Gasteiger partial charge in [-0.2, -0.15) is 0 Å². The molecule has 0 N–H and O–H groups in total. The summed E-state index contributed by atoms with van der Waals surface area (Å²) in [7, 11) is 1.59. The van der Waals surface area contributed by atoms with E-state index in [1.165, 1.54) is 0 Å². The normalized spacial score (nSPS) is 10.1. The van der Waals surface area contributed by atoms with Crippen molar-refractivity contribution in [1.29, 1.82) is 0 Å². The van der Waals surface area contributed by atoms with Crippen molar-refractivity contribution < 1.29 is 4.74 Å². The quantitative estimate of drug-likeness (QED) is 0.682. The van der Waals surface area contributed by atoms with E-state index in [0.29, 0.717) is 11.1 Å². The van der Waals surface area contributed by atoms with Crippen LogP contribution in [0.2, 0.25) is 0 Å². The third kappa shape index (κ3) is 1.46. The molecule has 0 saturated carbocycles. The Morgan fingerprint density at radius 2 is 1.86 bits per heavy atom. The van der Waals surface area contributed by atoms with Gasteiger partial charge in [-0.3, -0.25) is 4.79 Å². The van der Waals surface area contributed by atoms with Crippen molar-refractivity contribution >= 4 is 10.8 Å². The summed E-state index contributed by atoms with van der Waals surface area (Å²) in [5.74, 6) is 0.709. The number of methoxy groups -OCH3 is 1. The van der Waals surface area contributed by atoms with E-state index >= 15 is 0 Å². The fraction of sp³-hybridized carbons (Fsp3) is 0.0833. The first-order valence-corrected chi connectivity index (χ1v) is 4.38. The molecule has 0 amide bonds. The molecule has 2 aromatic carbocycles. The lowest BCUT2D eigenvalue weighted by atomic mass is 10.2. The molecule has 0 spiro atoms. The molecule has 0 heterocycles. The molecule has 14 heavy (non-hydrogen) atoms. The van der Waals surface area contributed by atoms with E-state index in [1.54, 1.807) is 25.3 Å². The standard InChI is InChI=1S/C12H10O2/c1-14-10-7-6-9-4-2-3-5-12(13)11(9)8-10/h2-8H,1H3. The lowest BCUT2D eigenvalue weighted by Gasteiger charge is -1.98. The van der Waals surface area contributed by atoms with Crippen LogP contribution in [-0.4, -0.2) is 7.11 Å². The largest absolute Gasteiger partial charge is 0.497 e. The summed E-state index contributed by atoms with van der Waals surface area (Å²) in [5, 5.41) is 1.62. The van der Waals surface area contributed by atoms with Crippen LogP contribution < -0.4 is 10.2 Å². The van der Waals surface area contributed by atoms with Crippen molar-refractivity contribution in [3.8, 4) is 5.75 Å². The number of benzene rings is 1. The van der Waals surface area contributed by atoms with E-state index in [1.807, 2.05) is 24.3 Å². The summed E-state index contributed by atoms with van der Waals surface area (Å²) in [6.45, 7) is 0. The van der Waals surface area contributed by atoms with E-state index in [2.05, 4.69) is 0 Å². The zero-order valence-corrected chi connectivity index (χ0v) is 7.86. The molecule has 0 fully saturated rings. The first-order valence-electron chi connectivity index (χ1n) is 4.38.